The second-order valence-electron chi connectivity index (χ2n) is 5.22. The molecular formula is C12H19BrOS. The summed E-state index contributed by atoms with van der Waals surface area (Å²) in [5.74, 6) is 0. The van der Waals surface area contributed by atoms with Crippen molar-refractivity contribution in [3.05, 3.63) is 20.3 Å². The molecular weight excluding hydrogens is 272 g/mol. The van der Waals surface area contributed by atoms with Crippen LogP contribution >= 0.6 is 27.3 Å². The molecule has 3 heteroatoms. The zero-order chi connectivity index (χ0) is 11.6. The Morgan fingerprint density at radius 1 is 1.47 bits per heavy atom. The molecule has 86 valence electrons. The van der Waals surface area contributed by atoms with E-state index in [1.165, 1.54) is 5.56 Å². The van der Waals surface area contributed by atoms with Gasteiger partial charge in [0.05, 0.1) is 9.89 Å². The van der Waals surface area contributed by atoms with Crippen molar-refractivity contribution in [1.29, 1.82) is 0 Å². The maximum Gasteiger partial charge on any atom is 0.0882 e. The van der Waals surface area contributed by atoms with Gasteiger partial charge in [-0.3, -0.25) is 0 Å². The van der Waals surface area contributed by atoms with Gasteiger partial charge in [0.25, 0.3) is 0 Å². The second-order valence-corrected chi connectivity index (χ2v) is 7.62. The highest BCUT2D eigenvalue weighted by Crippen LogP contribution is 2.34. The first-order chi connectivity index (χ1) is 6.79. The molecule has 0 bridgehead atoms. The smallest absolute Gasteiger partial charge is 0.0882 e. The Hall–Kier alpha value is 0.140. The molecule has 0 saturated carbocycles. The van der Waals surface area contributed by atoms with E-state index in [0.29, 0.717) is 5.41 Å². The van der Waals surface area contributed by atoms with E-state index in [4.69, 9.17) is 0 Å². The minimum atomic E-state index is -0.306. The molecule has 1 N–H and O–H groups in total. The van der Waals surface area contributed by atoms with Gasteiger partial charge in [-0.05, 0) is 52.7 Å². The summed E-state index contributed by atoms with van der Waals surface area (Å²) >= 11 is 5.12. The summed E-state index contributed by atoms with van der Waals surface area (Å²) in [6, 6.07) is 2.07. The average molecular weight is 291 g/mol. The Balaban J connectivity index is 2.58. The molecule has 0 spiro atoms. The van der Waals surface area contributed by atoms with Gasteiger partial charge in [0, 0.05) is 4.88 Å². The summed E-state index contributed by atoms with van der Waals surface area (Å²) < 4.78 is 1.13. The van der Waals surface area contributed by atoms with E-state index in [1.54, 1.807) is 11.3 Å². The molecule has 1 nitrogen and oxygen atoms in total. The third-order valence-electron chi connectivity index (χ3n) is 2.37. The number of aliphatic hydroxyl groups is 1. The van der Waals surface area contributed by atoms with Crippen molar-refractivity contribution in [2.75, 3.05) is 0 Å². The quantitative estimate of drug-likeness (QED) is 0.857. The molecule has 1 unspecified atom stereocenters. The van der Waals surface area contributed by atoms with E-state index in [1.807, 2.05) is 0 Å². The molecule has 1 aromatic heterocycles. The molecule has 0 aliphatic rings. The molecule has 1 aromatic rings. The highest BCUT2D eigenvalue weighted by Gasteiger charge is 2.16. The van der Waals surface area contributed by atoms with Crippen LogP contribution in [0.4, 0.5) is 0 Å². The van der Waals surface area contributed by atoms with Gasteiger partial charge in [-0.2, -0.15) is 0 Å². The van der Waals surface area contributed by atoms with Crippen LogP contribution in [0.25, 0.3) is 0 Å². The van der Waals surface area contributed by atoms with Crippen LogP contribution in [0.3, 0.4) is 0 Å². The van der Waals surface area contributed by atoms with E-state index in [-0.39, 0.29) is 6.10 Å². The fraction of sp³-hybridized carbons (Fsp3) is 0.667. The van der Waals surface area contributed by atoms with Gasteiger partial charge in [-0.15, -0.1) is 11.3 Å². The first-order valence-corrected chi connectivity index (χ1v) is 6.84. The first-order valence-electron chi connectivity index (χ1n) is 5.23. The van der Waals surface area contributed by atoms with Crippen molar-refractivity contribution in [3.8, 4) is 0 Å². The zero-order valence-corrected chi connectivity index (χ0v) is 12.2. The van der Waals surface area contributed by atoms with Crippen LogP contribution in [0.2, 0.25) is 0 Å². The molecule has 0 aliphatic carbocycles. The zero-order valence-electron chi connectivity index (χ0n) is 9.80. The van der Waals surface area contributed by atoms with Crippen LogP contribution in [0, 0.1) is 12.3 Å². The maximum atomic E-state index is 10.0. The van der Waals surface area contributed by atoms with Crippen LogP contribution in [-0.2, 0) is 0 Å². The average Bonchev–Trinajstić information content (AvgIpc) is 2.42. The van der Waals surface area contributed by atoms with Crippen molar-refractivity contribution in [1.82, 2.24) is 0 Å². The van der Waals surface area contributed by atoms with Crippen LogP contribution in [0.1, 0.15) is 50.2 Å². The summed E-state index contributed by atoms with van der Waals surface area (Å²) in [6.07, 6.45) is 1.58. The van der Waals surface area contributed by atoms with E-state index in [9.17, 15) is 5.11 Å². The Labute approximate surface area is 105 Å². The van der Waals surface area contributed by atoms with E-state index >= 15 is 0 Å². The lowest BCUT2D eigenvalue weighted by Gasteiger charge is -2.19. The summed E-state index contributed by atoms with van der Waals surface area (Å²) in [4.78, 5) is 1.07. The largest absolute Gasteiger partial charge is 0.388 e. The molecule has 0 aliphatic heterocycles. The summed E-state index contributed by atoms with van der Waals surface area (Å²) in [7, 11) is 0. The van der Waals surface area contributed by atoms with E-state index in [0.717, 1.165) is 21.5 Å². The highest BCUT2D eigenvalue weighted by atomic mass is 79.9. The number of halogens is 1. The Morgan fingerprint density at radius 3 is 2.47 bits per heavy atom. The van der Waals surface area contributed by atoms with Crippen LogP contribution in [0.15, 0.2) is 9.85 Å². The van der Waals surface area contributed by atoms with Gasteiger partial charge < -0.3 is 5.11 Å². The molecule has 1 rings (SSSR count). The van der Waals surface area contributed by atoms with Gasteiger partial charge in [0.1, 0.15) is 0 Å². The van der Waals surface area contributed by atoms with Crippen LogP contribution < -0.4 is 0 Å². The predicted octanol–water partition coefficient (Wildman–Crippen LogP) is 4.68. The summed E-state index contributed by atoms with van der Waals surface area (Å²) in [5, 5.41) is 10.0. The van der Waals surface area contributed by atoms with Crippen molar-refractivity contribution in [2.24, 2.45) is 5.41 Å². The Kier molecular flexibility index (Phi) is 4.38. The third kappa shape index (κ3) is 4.25. The topological polar surface area (TPSA) is 20.2 Å². The molecule has 0 radical (unpaired) electrons. The fourth-order valence-corrected chi connectivity index (χ4v) is 2.95. The molecule has 0 aromatic carbocycles. The van der Waals surface area contributed by atoms with Crippen molar-refractivity contribution in [3.63, 3.8) is 0 Å². The normalized spacial score (nSPS) is 14.3. The summed E-state index contributed by atoms with van der Waals surface area (Å²) in [5.41, 5.74) is 1.51. The monoisotopic (exact) mass is 290 g/mol. The number of aliphatic hydroxyl groups excluding tert-OH is 1. The molecule has 0 fully saturated rings. The first kappa shape index (κ1) is 13.2. The minimum Gasteiger partial charge on any atom is -0.388 e. The lowest BCUT2D eigenvalue weighted by atomic mass is 9.89. The molecule has 15 heavy (non-hydrogen) atoms. The van der Waals surface area contributed by atoms with Gasteiger partial charge in [0.2, 0.25) is 0 Å². The van der Waals surface area contributed by atoms with Gasteiger partial charge in [0.15, 0.2) is 0 Å². The molecule has 0 saturated heterocycles. The fourth-order valence-electron chi connectivity index (χ4n) is 1.36. The number of hydrogen-bond donors (Lipinski definition) is 1. The van der Waals surface area contributed by atoms with Crippen molar-refractivity contribution < 1.29 is 5.11 Å². The number of aryl methyl sites for hydroxylation is 1. The second kappa shape index (κ2) is 4.98. The highest BCUT2D eigenvalue weighted by molar-refractivity contribution is 9.11. The Bertz CT molecular complexity index is 305. The van der Waals surface area contributed by atoms with Crippen LogP contribution in [-0.4, -0.2) is 5.11 Å². The maximum absolute atomic E-state index is 10.0. The summed E-state index contributed by atoms with van der Waals surface area (Å²) in [6.45, 7) is 8.67. The van der Waals surface area contributed by atoms with Gasteiger partial charge in [-0.1, -0.05) is 20.8 Å². The Morgan fingerprint density at radius 2 is 2.07 bits per heavy atom. The number of rotatable bonds is 3. The molecule has 1 heterocycles. The minimum absolute atomic E-state index is 0.296. The van der Waals surface area contributed by atoms with E-state index in [2.05, 4.69) is 49.7 Å². The number of hydrogen-bond acceptors (Lipinski definition) is 2. The molecule has 0 amide bonds. The predicted molar refractivity (Wildman–Crippen MR) is 70.4 cm³/mol. The lowest BCUT2D eigenvalue weighted by Crippen LogP contribution is -2.07. The lowest BCUT2D eigenvalue weighted by molar-refractivity contribution is 0.151. The van der Waals surface area contributed by atoms with E-state index < -0.39 is 0 Å². The molecule has 1 atom stereocenters. The van der Waals surface area contributed by atoms with Crippen molar-refractivity contribution >= 4 is 27.3 Å². The standard InChI is InChI=1S/C12H19BrOS/c1-8-7-10(15-11(8)13)9(14)5-6-12(2,3)4/h7,9,14H,5-6H2,1-4H3. The SMILES string of the molecule is Cc1cc(C(O)CCC(C)(C)C)sc1Br. The van der Waals surface area contributed by atoms with Gasteiger partial charge in [-0.25, -0.2) is 0 Å². The van der Waals surface area contributed by atoms with Crippen LogP contribution in [0.5, 0.6) is 0 Å². The number of thiophene rings is 1. The van der Waals surface area contributed by atoms with Crippen molar-refractivity contribution in [2.45, 2.75) is 46.6 Å². The third-order valence-corrected chi connectivity index (χ3v) is 4.61. The van der Waals surface area contributed by atoms with Gasteiger partial charge >= 0.3 is 0 Å².